The van der Waals surface area contributed by atoms with E-state index in [1.165, 1.54) is 0 Å². The van der Waals surface area contributed by atoms with E-state index < -0.39 is 6.04 Å². The number of nitrogens with zero attached hydrogens (tertiary/aromatic N) is 1. The van der Waals surface area contributed by atoms with Gasteiger partial charge in [0.2, 0.25) is 11.8 Å². The highest BCUT2D eigenvalue weighted by Gasteiger charge is 2.28. The van der Waals surface area contributed by atoms with Crippen molar-refractivity contribution in [3.05, 3.63) is 69.7 Å². The fraction of sp³-hybridized carbons (Fsp3) is 0.364. The van der Waals surface area contributed by atoms with Crippen LogP contribution in [0.3, 0.4) is 0 Å². The van der Waals surface area contributed by atoms with Crippen LogP contribution in [0.1, 0.15) is 37.8 Å². The number of nitrogens with one attached hydrogen (secondary N) is 1. The van der Waals surface area contributed by atoms with Crippen molar-refractivity contribution in [3.63, 3.8) is 0 Å². The Bertz CT molecular complexity index is 811. The summed E-state index contributed by atoms with van der Waals surface area (Å²) in [7, 11) is 0. The fourth-order valence-corrected chi connectivity index (χ4v) is 3.43. The Labute approximate surface area is 176 Å². The van der Waals surface area contributed by atoms with Gasteiger partial charge in [0, 0.05) is 23.1 Å². The first-order chi connectivity index (χ1) is 13.5. The zero-order valence-corrected chi connectivity index (χ0v) is 17.8. The van der Waals surface area contributed by atoms with Crippen LogP contribution in [0.2, 0.25) is 10.0 Å². The van der Waals surface area contributed by atoms with Crippen LogP contribution in [0.4, 0.5) is 0 Å². The minimum absolute atomic E-state index is 0.138. The zero-order valence-electron chi connectivity index (χ0n) is 16.3. The first-order valence-electron chi connectivity index (χ1n) is 9.51. The van der Waals surface area contributed by atoms with E-state index in [0.29, 0.717) is 23.0 Å². The molecule has 4 nitrogen and oxygen atoms in total. The van der Waals surface area contributed by atoms with E-state index in [0.717, 1.165) is 17.5 Å². The topological polar surface area (TPSA) is 49.4 Å². The number of carbonyl (C=O) groups excluding carboxylic acids is 2. The second-order valence-corrected chi connectivity index (χ2v) is 7.48. The van der Waals surface area contributed by atoms with Gasteiger partial charge in [-0.25, -0.2) is 0 Å². The maximum absolute atomic E-state index is 13.2. The number of hydrogen-bond donors (Lipinski definition) is 1. The zero-order chi connectivity index (χ0) is 20.5. The van der Waals surface area contributed by atoms with E-state index in [4.69, 9.17) is 23.2 Å². The Morgan fingerprint density at radius 1 is 1.07 bits per heavy atom. The molecule has 2 rings (SSSR count). The van der Waals surface area contributed by atoms with Gasteiger partial charge in [-0.15, -0.1) is 0 Å². The minimum Gasteiger partial charge on any atom is -0.354 e. The Balaban J connectivity index is 2.29. The highest BCUT2D eigenvalue weighted by Crippen LogP contribution is 2.21. The van der Waals surface area contributed by atoms with Gasteiger partial charge >= 0.3 is 0 Å². The van der Waals surface area contributed by atoms with E-state index in [1.807, 2.05) is 44.2 Å². The maximum atomic E-state index is 13.2. The number of amides is 2. The first-order valence-corrected chi connectivity index (χ1v) is 10.3. The van der Waals surface area contributed by atoms with Crippen LogP contribution in [-0.4, -0.2) is 29.3 Å². The largest absolute Gasteiger partial charge is 0.354 e. The molecule has 0 aliphatic carbocycles. The van der Waals surface area contributed by atoms with Gasteiger partial charge in [0.1, 0.15) is 6.04 Å². The van der Waals surface area contributed by atoms with Gasteiger partial charge in [0.05, 0.1) is 6.42 Å². The van der Waals surface area contributed by atoms with E-state index in [-0.39, 0.29) is 24.8 Å². The average Bonchev–Trinajstić information content (AvgIpc) is 2.67. The van der Waals surface area contributed by atoms with Gasteiger partial charge in [0.25, 0.3) is 0 Å². The molecular formula is C22H26Cl2N2O2. The summed E-state index contributed by atoms with van der Waals surface area (Å²) < 4.78 is 0. The SMILES string of the molecule is CCCNC(=O)[C@H](CC)N(Cc1ccccc1Cl)C(=O)Cc1cccc(Cl)c1. The van der Waals surface area contributed by atoms with Crippen LogP contribution in [0.15, 0.2) is 48.5 Å². The van der Waals surface area contributed by atoms with Crippen molar-refractivity contribution in [2.45, 2.75) is 45.7 Å². The normalized spacial score (nSPS) is 11.7. The molecule has 0 spiro atoms. The number of hydrogen-bond acceptors (Lipinski definition) is 2. The molecule has 6 heteroatoms. The molecule has 0 radical (unpaired) electrons. The van der Waals surface area contributed by atoms with Crippen LogP contribution in [0, 0.1) is 0 Å². The summed E-state index contributed by atoms with van der Waals surface area (Å²) in [5, 5.41) is 4.06. The quantitative estimate of drug-likeness (QED) is 0.628. The Hall–Kier alpha value is -2.04. The molecule has 0 saturated heterocycles. The van der Waals surface area contributed by atoms with Crippen molar-refractivity contribution in [3.8, 4) is 0 Å². The van der Waals surface area contributed by atoms with E-state index >= 15 is 0 Å². The van der Waals surface area contributed by atoms with Gasteiger partial charge in [-0.05, 0) is 42.2 Å². The standard InChI is InChI=1S/C22H26Cl2N2O2/c1-3-12-25-22(28)20(4-2)26(15-17-9-5-6-11-19(17)24)21(27)14-16-8-7-10-18(23)13-16/h5-11,13,20H,3-4,12,14-15H2,1-2H3,(H,25,28)/t20-/m0/s1. The van der Waals surface area contributed by atoms with Crippen LogP contribution < -0.4 is 5.32 Å². The lowest BCUT2D eigenvalue weighted by atomic mass is 10.1. The number of rotatable bonds is 9. The van der Waals surface area contributed by atoms with Gasteiger partial charge in [-0.3, -0.25) is 9.59 Å². The third-order valence-electron chi connectivity index (χ3n) is 4.48. The highest BCUT2D eigenvalue weighted by molar-refractivity contribution is 6.31. The van der Waals surface area contributed by atoms with Gasteiger partial charge in [-0.2, -0.15) is 0 Å². The van der Waals surface area contributed by atoms with Crippen molar-refractivity contribution in [1.29, 1.82) is 0 Å². The lowest BCUT2D eigenvalue weighted by molar-refractivity contribution is -0.140. The summed E-state index contributed by atoms with van der Waals surface area (Å²) in [5.41, 5.74) is 1.62. The van der Waals surface area contributed by atoms with E-state index in [9.17, 15) is 9.59 Å². The Kier molecular flexibility index (Phi) is 8.81. The number of halogens is 2. The lowest BCUT2D eigenvalue weighted by Crippen LogP contribution is -2.49. The van der Waals surface area contributed by atoms with Crippen LogP contribution in [-0.2, 0) is 22.6 Å². The van der Waals surface area contributed by atoms with Gasteiger partial charge in [-0.1, -0.05) is 67.4 Å². The van der Waals surface area contributed by atoms with Gasteiger partial charge in [0.15, 0.2) is 0 Å². The monoisotopic (exact) mass is 420 g/mol. The minimum atomic E-state index is -0.561. The third-order valence-corrected chi connectivity index (χ3v) is 5.08. The molecule has 2 aromatic rings. The van der Waals surface area contributed by atoms with Crippen molar-refractivity contribution < 1.29 is 9.59 Å². The Morgan fingerprint density at radius 2 is 1.82 bits per heavy atom. The molecule has 2 aromatic carbocycles. The molecule has 0 aliphatic heterocycles. The molecular weight excluding hydrogens is 395 g/mol. The summed E-state index contributed by atoms with van der Waals surface area (Å²) in [6.07, 6.45) is 1.52. The summed E-state index contributed by atoms with van der Waals surface area (Å²) in [6, 6.07) is 14.0. The number of carbonyl (C=O) groups is 2. The fourth-order valence-electron chi connectivity index (χ4n) is 3.02. The van der Waals surface area contributed by atoms with Crippen molar-refractivity contribution in [2.75, 3.05) is 6.54 Å². The second-order valence-electron chi connectivity index (χ2n) is 6.63. The Morgan fingerprint density at radius 3 is 2.46 bits per heavy atom. The average molecular weight is 421 g/mol. The van der Waals surface area contributed by atoms with Crippen molar-refractivity contribution in [1.82, 2.24) is 10.2 Å². The van der Waals surface area contributed by atoms with Crippen molar-refractivity contribution >= 4 is 35.0 Å². The molecule has 0 aliphatic rings. The van der Waals surface area contributed by atoms with Crippen LogP contribution >= 0.6 is 23.2 Å². The van der Waals surface area contributed by atoms with Crippen LogP contribution in [0.5, 0.6) is 0 Å². The summed E-state index contributed by atoms with van der Waals surface area (Å²) in [6.45, 7) is 4.75. The maximum Gasteiger partial charge on any atom is 0.242 e. The molecule has 0 saturated carbocycles. The molecule has 0 bridgehead atoms. The predicted molar refractivity (Wildman–Crippen MR) is 115 cm³/mol. The second kappa shape index (κ2) is 11.1. The number of benzene rings is 2. The molecule has 150 valence electrons. The molecule has 2 amide bonds. The van der Waals surface area contributed by atoms with E-state index in [1.54, 1.807) is 23.1 Å². The van der Waals surface area contributed by atoms with Crippen molar-refractivity contribution in [2.24, 2.45) is 0 Å². The highest BCUT2D eigenvalue weighted by atomic mass is 35.5. The third kappa shape index (κ3) is 6.25. The molecule has 0 aromatic heterocycles. The summed E-state index contributed by atoms with van der Waals surface area (Å²) in [5.74, 6) is -0.281. The van der Waals surface area contributed by atoms with Crippen LogP contribution in [0.25, 0.3) is 0 Å². The molecule has 1 atom stereocenters. The smallest absolute Gasteiger partial charge is 0.242 e. The predicted octanol–water partition coefficient (Wildman–Crippen LogP) is 4.87. The molecule has 0 fully saturated rings. The summed E-state index contributed by atoms with van der Waals surface area (Å²) in [4.78, 5) is 27.5. The van der Waals surface area contributed by atoms with E-state index in [2.05, 4.69) is 5.32 Å². The molecule has 0 heterocycles. The summed E-state index contributed by atoms with van der Waals surface area (Å²) >= 11 is 12.4. The first kappa shape index (κ1) is 22.3. The molecule has 1 N–H and O–H groups in total. The van der Waals surface area contributed by atoms with Gasteiger partial charge < -0.3 is 10.2 Å². The molecule has 0 unspecified atom stereocenters. The lowest BCUT2D eigenvalue weighted by Gasteiger charge is -2.31. The molecule has 28 heavy (non-hydrogen) atoms.